The molecule has 0 aliphatic carbocycles. The van der Waals surface area contributed by atoms with Gasteiger partial charge in [-0.05, 0) is 33.6 Å². The Hall–Kier alpha value is -1.38. The molecule has 2 amide bonds. The van der Waals surface area contributed by atoms with Gasteiger partial charge in [-0.25, -0.2) is 14.3 Å². The molecule has 1 aliphatic heterocycles. The number of ether oxygens (including phenoxy) is 2. The predicted molar refractivity (Wildman–Crippen MR) is 122 cm³/mol. The highest BCUT2D eigenvalue weighted by Crippen LogP contribution is 2.31. The molecule has 2 rings (SSSR count). The first kappa shape index (κ1) is 25.9. The van der Waals surface area contributed by atoms with Crippen molar-refractivity contribution in [3.8, 4) is 0 Å². The van der Waals surface area contributed by atoms with Crippen molar-refractivity contribution in [1.82, 2.24) is 14.7 Å². The fourth-order valence-corrected chi connectivity index (χ4v) is 3.22. The first-order valence-corrected chi connectivity index (χ1v) is 11.5. The fourth-order valence-electron chi connectivity index (χ4n) is 3.04. The number of hydrogen-bond acceptors (Lipinski definition) is 5. The van der Waals surface area contributed by atoms with Crippen molar-refractivity contribution in [3.05, 3.63) is 11.8 Å². The Balaban J connectivity index is 2.14. The lowest BCUT2D eigenvalue weighted by Gasteiger charge is -2.34. The van der Waals surface area contributed by atoms with E-state index in [9.17, 15) is 9.59 Å². The number of amides is 2. The van der Waals surface area contributed by atoms with E-state index >= 15 is 0 Å². The highest BCUT2D eigenvalue weighted by molar-refractivity contribution is 6.48. The summed E-state index contributed by atoms with van der Waals surface area (Å²) in [6, 6.07) is 1.80. The number of carbonyl (C=O) groups excluding carboxylic acids is 2. The summed E-state index contributed by atoms with van der Waals surface area (Å²) in [7, 11) is 0. The molecule has 1 saturated heterocycles. The highest BCUT2D eigenvalue weighted by atomic mass is 35.5. The molecule has 8 nitrogen and oxygen atoms in total. The van der Waals surface area contributed by atoms with E-state index in [0.29, 0.717) is 31.7 Å². The number of halogens is 3. The first-order valence-electron chi connectivity index (χ1n) is 10.1. The van der Waals surface area contributed by atoms with Crippen molar-refractivity contribution >= 4 is 52.8 Å². The van der Waals surface area contributed by atoms with Crippen LogP contribution in [0, 0.1) is 0 Å². The molecular formula is C20H31Cl3N4O4. The second kappa shape index (κ2) is 10.0. The minimum atomic E-state index is -1.18. The van der Waals surface area contributed by atoms with Gasteiger partial charge in [0.1, 0.15) is 11.4 Å². The molecule has 0 saturated carbocycles. The van der Waals surface area contributed by atoms with Gasteiger partial charge >= 0.3 is 12.2 Å². The number of likely N-dealkylation sites (tertiary alicyclic amines) is 1. The normalized spacial score (nSPS) is 16.9. The Morgan fingerprint density at radius 2 is 1.71 bits per heavy atom. The average Bonchev–Trinajstić information content (AvgIpc) is 3.04. The third-order valence-corrected chi connectivity index (χ3v) is 5.67. The van der Waals surface area contributed by atoms with Gasteiger partial charge in [0, 0.05) is 24.6 Å². The minimum absolute atomic E-state index is 0.00862. The number of nitrogens with zero attached hydrogens (tertiary/aromatic N) is 3. The molecule has 1 atom stereocenters. The highest BCUT2D eigenvalue weighted by Gasteiger charge is 2.31. The Morgan fingerprint density at radius 1 is 1.13 bits per heavy atom. The number of hydrogen-bond donors (Lipinski definition) is 1. The van der Waals surface area contributed by atoms with Crippen LogP contribution in [-0.4, -0.2) is 56.0 Å². The molecule has 0 aromatic carbocycles. The molecule has 1 aromatic rings. The molecule has 1 aromatic heterocycles. The van der Waals surface area contributed by atoms with Gasteiger partial charge in [-0.15, -0.1) is 0 Å². The Kier molecular flexibility index (Phi) is 8.39. The summed E-state index contributed by atoms with van der Waals surface area (Å²) in [5, 5.41) is 7.41. The second-order valence-electron chi connectivity index (χ2n) is 9.52. The smallest absolute Gasteiger partial charge is 0.414 e. The summed E-state index contributed by atoms with van der Waals surface area (Å²) in [6.45, 7) is 12.7. The van der Waals surface area contributed by atoms with Crippen LogP contribution in [0.15, 0.2) is 6.07 Å². The molecule has 176 valence electrons. The number of nitrogens with one attached hydrogen (secondary N) is 1. The minimum Gasteiger partial charge on any atom is -0.444 e. The van der Waals surface area contributed by atoms with Crippen LogP contribution in [0.2, 0.25) is 0 Å². The average molecular weight is 498 g/mol. The third-order valence-electron chi connectivity index (χ3n) is 4.61. The van der Waals surface area contributed by atoms with Crippen LogP contribution in [-0.2, 0) is 14.9 Å². The number of carbonyl (C=O) groups is 2. The number of alkyl halides is 3. The van der Waals surface area contributed by atoms with E-state index in [1.54, 1.807) is 9.58 Å². The molecule has 1 fully saturated rings. The second-order valence-corrected chi connectivity index (χ2v) is 11.1. The van der Waals surface area contributed by atoms with Crippen LogP contribution in [0.5, 0.6) is 0 Å². The predicted octanol–water partition coefficient (Wildman–Crippen LogP) is 5.67. The molecule has 1 N–H and O–H groups in total. The van der Waals surface area contributed by atoms with Gasteiger partial charge in [-0.2, -0.15) is 5.10 Å². The van der Waals surface area contributed by atoms with Crippen molar-refractivity contribution in [3.63, 3.8) is 0 Å². The monoisotopic (exact) mass is 496 g/mol. The molecule has 1 unspecified atom stereocenters. The van der Waals surface area contributed by atoms with Gasteiger partial charge in [-0.1, -0.05) is 55.6 Å². The van der Waals surface area contributed by atoms with Crippen molar-refractivity contribution in [2.24, 2.45) is 0 Å². The fraction of sp³-hybridized carbons (Fsp3) is 0.750. The van der Waals surface area contributed by atoms with E-state index in [0.717, 1.165) is 5.69 Å². The number of anilines is 1. The Bertz CT molecular complexity index is 778. The lowest BCUT2D eigenvalue weighted by Crippen LogP contribution is -2.42. The lowest BCUT2D eigenvalue weighted by atomic mass is 9.92. The maximum absolute atomic E-state index is 12.3. The van der Waals surface area contributed by atoms with Crippen LogP contribution in [0.25, 0.3) is 0 Å². The van der Waals surface area contributed by atoms with Gasteiger partial charge in [0.15, 0.2) is 4.84 Å². The molecule has 1 aliphatic rings. The zero-order valence-electron chi connectivity index (χ0n) is 18.7. The van der Waals surface area contributed by atoms with Gasteiger partial charge < -0.3 is 14.4 Å². The maximum Gasteiger partial charge on any atom is 0.414 e. The zero-order chi connectivity index (χ0) is 23.6. The van der Waals surface area contributed by atoms with Crippen LogP contribution in [0.1, 0.15) is 66.1 Å². The largest absolute Gasteiger partial charge is 0.444 e. The topological polar surface area (TPSA) is 85.7 Å². The van der Waals surface area contributed by atoms with Gasteiger partial charge in [0.25, 0.3) is 0 Å². The summed E-state index contributed by atoms with van der Waals surface area (Å²) in [4.78, 5) is 25.2. The summed E-state index contributed by atoms with van der Waals surface area (Å²) in [6.07, 6.45) is 0.225. The van der Waals surface area contributed by atoms with Crippen LogP contribution in [0.3, 0.4) is 0 Å². The van der Waals surface area contributed by atoms with E-state index in [2.05, 4.69) is 5.32 Å². The number of piperidine rings is 1. The van der Waals surface area contributed by atoms with Crippen molar-refractivity contribution < 1.29 is 19.1 Å². The summed E-state index contributed by atoms with van der Waals surface area (Å²) in [5.41, 5.74) is -1.14. The number of aromatic nitrogens is 2. The third kappa shape index (κ3) is 7.61. The van der Waals surface area contributed by atoms with E-state index in [1.165, 1.54) is 0 Å². The van der Waals surface area contributed by atoms with Crippen LogP contribution < -0.4 is 5.32 Å². The number of rotatable bonds is 4. The summed E-state index contributed by atoms with van der Waals surface area (Å²) >= 11 is 17.1. The Labute approximate surface area is 198 Å². The summed E-state index contributed by atoms with van der Waals surface area (Å²) in [5.74, 6) is 0.482. The van der Waals surface area contributed by atoms with Gasteiger partial charge in [0.2, 0.25) is 5.56 Å². The van der Waals surface area contributed by atoms with Crippen molar-refractivity contribution in [2.75, 3.05) is 18.4 Å². The molecule has 0 bridgehead atoms. The molecule has 0 spiro atoms. The maximum atomic E-state index is 12.3. The summed E-state index contributed by atoms with van der Waals surface area (Å²) < 4.78 is 12.2. The molecule has 11 heteroatoms. The Morgan fingerprint density at radius 3 is 2.19 bits per heavy atom. The molecule has 2 heterocycles. The zero-order valence-corrected chi connectivity index (χ0v) is 21.0. The molecular weight excluding hydrogens is 467 g/mol. The standard InChI is InChI=1S/C20H31Cl3N4O4/c1-19(2,3)13-11-14(24-17(28)30-16(23)15(21)22)27(25-13)12-7-9-26(10-8-12)18(29)31-20(4,5)6/h11-12,15-16H,7-10H2,1-6H3,(H,24,28). The lowest BCUT2D eigenvalue weighted by molar-refractivity contribution is 0.0185. The van der Waals surface area contributed by atoms with E-state index in [-0.39, 0.29) is 17.6 Å². The van der Waals surface area contributed by atoms with Gasteiger partial charge in [0.05, 0.1) is 11.7 Å². The SMILES string of the molecule is CC(C)(C)OC(=O)N1CCC(n2nc(C(C)(C)C)cc2NC(=O)OC(Cl)C(Cl)Cl)CC1. The van der Waals surface area contributed by atoms with E-state index < -0.39 is 22.1 Å². The quantitative estimate of drug-likeness (QED) is 0.542. The van der Waals surface area contributed by atoms with Gasteiger partial charge in [-0.3, -0.25) is 5.32 Å². The van der Waals surface area contributed by atoms with E-state index in [4.69, 9.17) is 49.4 Å². The first-order chi connectivity index (χ1) is 14.2. The molecule has 0 radical (unpaired) electrons. The van der Waals surface area contributed by atoms with E-state index in [1.807, 2.05) is 47.6 Å². The van der Waals surface area contributed by atoms with Crippen LogP contribution in [0.4, 0.5) is 15.4 Å². The van der Waals surface area contributed by atoms with Crippen molar-refractivity contribution in [1.29, 1.82) is 0 Å². The van der Waals surface area contributed by atoms with Crippen LogP contribution >= 0.6 is 34.8 Å². The van der Waals surface area contributed by atoms with Crippen molar-refractivity contribution in [2.45, 2.75) is 81.8 Å². The molecule has 31 heavy (non-hydrogen) atoms.